The first-order valence-electron chi connectivity index (χ1n) is 6.80. The number of anilines is 1. The number of amides is 1. The molecule has 2 aromatic rings. The smallest absolute Gasteiger partial charge is 0.261 e. The lowest BCUT2D eigenvalue weighted by molar-refractivity contribution is 0.0974. The van der Waals surface area contributed by atoms with Crippen LogP contribution in [0, 0.1) is 0 Å². The Morgan fingerprint density at radius 2 is 1.96 bits per heavy atom. The molecule has 0 radical (unpaired) electrons. The molecule has 0 atom stereocenters. The number of halogens is 2. The highest BCUT2D eigenvalue weighted by Gasteiger charge is 2.14. The van der Waals surface area contributed by atoms with E-state index in [1.165, 1.54) is 0 Å². The Balaban J connectivity index is 2.07. The van der Waals surface area contributed by atoms with Crippen LogP contribution < -0.4 is 15.4 Å². The number of hydrogen-bond acceptors (Lipinski definition) is 3. The van der Waals surface area contributed by atoms with Gasteiger partial charge in [0, 0.05) is 15.2 Å². The first-order valence-corrected chi connectivity index (χ1v) is 8.37. The molecular weight excluding hydrogens is 400 g/mol. The number of rotatable bonds is 4. The molecule has 0 aliphatic carbocycles. The van der Waals surface area contributed by atoms with Crippen molar-refractivity contribution in [3.63, 3.8) is 0 Å². The van der Waals surface area contributed by atoms with Crippen molar-refractivity contribution in [3.05, 3.63) is 57.5 Å². The van der Waals surface area contributed by atoms with Crippen LogP contribution in [0.1, 0.15) is 17.3 Å². The van der Waals surface area contributed by atoms with E-state index in [4.69, 9.17) is 28.6 Å². The van der Waals surface area contributed by atoms with Crippen molar-refractivity contribution in [2.24, 2.45) is 0 Å². The Morgan fingerprint density at radius 3 is 2.61 bits per heavy atom. The maximum atomic E-state index is 12.4. The minimum atomic E-state index is -0.346. The average molecular weight is 414 g/mol. The number of nitrogens with one attached hydrogen (secondary N) is 2. The Hall–Kier alpha value is -1.63. The van der Waals surface area contributed by atoms with Crippen molar-refractivity contribution >= 4 is 56.5 Å². The third kappa shape index (κ3) is 5.20. The fraction of sp³-hybridized carbons (Fsp3) is 0.125. The van der Waals surface area contributed by atoms with Crippen LogP contribution in [0.4, 0.5) is 5.69 Å². The van der Waals surface area contributed by atoms with E-state index < -0.39 is 0 Å². The molecule has 2 rings (SSSR count). The van der Waals surface area contributed by atoms with Gasteiger partial charge in [-0.05, 0) is 61.6 Å². The Morgan fingerprint density at radius 1 is 1.26 bits per heavy atom. The fourth-order valence-corrected chi connectivity index (χ4v) is 2.52. The molecule has 0 aliphatic rings. The zero-order valence-electron chi connectivity index (χ0n) is 12.2. The second kappa shape index (κ2) is 8.29. The molecule has 7 heteroatoms. The lowest BCUT2D eigenvalue weighted by atomic mass is 10.2. The van der Waals surface area contributed by atoms with Crippen molar-refractivity contribution in [1.29, 1.82) is 0 Å². The second-order valence-electron chi connectivity index (χ2n) is 4.49. The third-order valence-electron chi connectivity index (χ3n) is 2.82. The number of carbonyl (C=O) groups is 1. The van der Waals surface area contributed by atoms with E-state index in [1.54, 1.807) is 36.4 Å². The molecule has 0 bridgehead atoms. The molecule has 0 unspecified atom stereocenters. The van der Waals surface area contributed by atoms with Gasteiger partial charge in [-0.15, -0.1) is 0 Å². The van der Waals surface area contributed by atoms with Gasteiger partial charge < -0.3 is 10.1 Å². The van der Waals surface area contributed by atoms with Crippen LogP contribution in [-0.2, 0) is 0 Å². The lowest BCUT2D eigenvalue weighted by Crippen LogP contribution is -2.34. The molecule has 1 amide bonds. The summed E-state index contributed by atoms with van der Waals surface area (Å²) in [5.41, 5.74) is 1.14. The van der Waals surface area contributed by atoms with Crippen molar-refractivity contribution in [2.45, 2.75) is 6.92 Å². The summed E-state index contributed by atoms with van der Waals surface area (Å²) >= 11 is 14.3. The SMILES string of the molecule is CCOc1ccc(Br)cc1C(=O)NC(=S)Nc1ccc(Cl)cc1. The van der Waals surface area contributed by atoms with Gasteiger partial charge in [-0.25, -0.2) is 0 Å². The summed E-state index contributed by atoms with van der Waals surface area (Å²) in [5, 5.41) is 6.38. The minimum absolute atomic E-state index is 0.194. The Bertz CT molecular complexity index is 723. The maximum absolute atomic E-state index is 12.4. The van der Waals surface area contributed by atoms with Crippen molar-refractivity contribution in [2.75, 3.05) is 11.9 Å². The largest absolute Gasteiger partial charge is 0.493 e. The summed E-state index contributed by atoms with van der Waals surface area (Å²) < 4.78 is 6.25. The van der Waals surface area contributed by atoms with E-state index in [2.05, 4.69) is 26.6 Å². The van der Waals surface area contributed by atoms with Crippen molar-refractivity contribution in [1.82, 2.24) is 5.32 Å². The maximum Gasteiger partial charge on any atom is 0.261 e. The minimum Gasteiger partial charge on any atom is -0.493 e. The Labute approximate surface area is 153 Å². The predicted octanol–water partition coefficient (Wildman–Crippen LogP) is 4.63. The molecule has 0 aliphatic heterocycles. The van der Waals surface area contributed by atoms with Gasteiger partial charge in [0.05, 0.1) is 12.2 Å². The normalized spacial score (nSPS) is 10.0. The highest BCUT2D eigenvalue weighted by molar-refractivity contribution is 9.10. The van der Waals surface area contributed by atoms with Gasteiger partial charge in [-0.2, -0.15) is 0 Å². The van der Waals surface area contributed by atoms with E-state index in [0.29, 0.717) is 22.9 Å². The molecule has 0 heterocycles. The van der Waals surface area contributed by atoms with Crippen LogP contribution in [-0.4, -0.2) is 17.6 Å². The second-order valence-corrected chi connectivity index (χ2v) is 6.25. The molecule has 120 valence electrons. The van der Waals surface area contributed by atoms with Crippen molar-refractivity contribution in [3.8, 4) is 5.75 Å². The van der Waals surface area contributed by atoms with E-state index in [9.17, 15) is 4.79 Å². The first-order chi connectivity index (χ1) is 11.0. The van der Waals surface area contributed by atoms with Crippen LogP contribution in [0.5, 0.6) is 5.75 Å². The molecule has 2 aromatic carbocycles. The summed E-state index contributed by atoms with van der Waals surface area (Å²) in [6.07, 6.45) is 0. The lowest BCUT2D eigenvalue weighted by Gasteiger charge is -2.13. The quantitative estimate of drug-likeness (QED) is 0.718. The van der Waals surface area contributed by atoms with Crippen LogP contribution in [0.2, 0.25) is 5.02 Å². The van der Waals surface area contributed by atoms with Crippen LogP contribution in [0.25, 0.3) is 0 Å². The topological polar surface area (TPSA) is 50.4 Å². The van der Waals surface area contributed by atoms with E-state index in [-0.39, 0.29) is 11.0 Å². The highest BCUT2D eigenvalue weighted by Crippen LogP contribution is 2.23. The molecule has 0 saturated heterocycles. The molecule has 0 saturated carbocycles. The highest BCUT2D eigenvalue weighted by atomic mass is 79.9. The monoisotopic (exact) mass is 412 g/mol. The van der Waals surface area contributed by atoms with Crippen molar-refractivity contribution < 1.29 is 9.53 Å². The number of hydrogen-bond donors (Lipinski definition) is 2. The average Bonchev–Trinajstić information content (AvgIpc) is 2.51. The Kier molecular flexibility index (Phi) is 6.38. The summed E-state index contributed by atoms with van der Waals surface area (Å²) in [4.78, 5) is 12.4. The molecule has 4 nitrogen and oxygen atoms in total. The van der Waals surface area contributed by atoms with Gasteiger partial charge in [0.2, 0.25) is 0 Å². The molecule has 2 N–H and O–H groups in total. The van der Waals surface area contributed by atoms with Gasteiger partial charge in [0.1, 0.15) is 5.75 Å². The van der Waals surface area contributed by atoms with E-state index in [0.717, 1.165) is 10.2 Å². The van der Waals surface area contributed by atoms with Crippen LogP contribution in [0.15, 0.2) is 46.9 Å². The molecule has 23 heavy (non-hydrogen) atoms. The first kappa shape index (κ1) is 17.7. The fourth-order valence-electron chi connectivity index (χ4n) is 1.83. The standard InChI is InChI=1S/C16H14BrClN2O2S/c1-2-22-14-8-3-10(17)9-13(14)15(21)20-16(23)19-12-6-4-11(18)5-7-12/h3-9H,2H2,1H3,(H2,19,20,21,23). The third-order valence-corrected chi connectivity index (χ3v) is 3.76. The van der Waals surface area contributed by atoms with Gasteiger partial charge in [0.15, 0.2) is 5.11 Å². The molecule has 0 aromatic heterocycles. The zero-order chi connectivity index (χ0) is 16.8. The number of benzene rings is 2. The summed E-state index contributed by atoms with van der Waals surface area (Å²) in [7, 11) is 0. The summed E-state index contributed by atoms with van der Waals surface area (Å²) in [6.45, 7) is 2.33. The summed E-state index contributed by atoms with van der Waals surface area (Å²) in [6, 6.07) is 12.2. The van der Waals surface area contributed by atoms with Crippen LogP contribution >= 0.6 is 39.7 Å². The van der Waals surface area contributed by atoms with Gasteiger partial charge in [-0.1, -0.05) is 27.5 Å². The summed E-state index contributed by atoms with van der Waals surface area (Å²) in [5.74, 6) is 0.156. The zero-order valence-corrected chi connectivity index (χ0v) is 15.4. The van der Waals surface area contributed by atoms with E-state index in [1.807, 2.05) is 13.0 Å². The van der Waals surface area contributed by atoms with Gasteiger partial charge in [0.25, 0.3) is 5.91 Å². The molecule has 0 spiro atoms. The van der Waals surface area contributed by atoms with Gasteiger partial charge in [-0.3, -0.25) is 10.1 Å². The van der Waals surface area contributed by atoms with Gasteiger partial charge >= 0.3 is 0 Å². The number of ether oxygens (including phenoxy) is 1. The molecular formula is C16H14BrClN2O2S. The number of carbonyl (C=O) groups excluding carboxylic acids is 1. The van der Waals surface area contributed by atoms with E-state index >= 15 is 0 Å². The number of thiocarbonyl (C=S) groups is 1. The molecule has 0 fully saturated rings. The predicted molar refractivity (Wildman–Crippen MR) is 100 cm³/mol. The van der Waals surface area contributed by atoms with Crippen LogP contribution in [0.3, 0.4) is 0 Å².